The van der Waals surface area contributed by atoms with Crippen molar-refractivity contribution >= 4 is 23.8 Å². The van der Waals surface area contributed by atoms with Crippen LogP contribution in [-0.2, 0) is 4.74 Å². The van der Waals surface area contributed by atoms with Gasteiger partial charge in [0.1, 0.15) is 5.60 Å². The Balaban J connectivity index is 2.44. The normalized spacial score (nSPS) is 11.6. The van der Waals surface area contributed by atoms with E-state index in [1.807, 2.05) is 33.8 Å². The highest BCUT2D eigenvalue weighted by Gasteiger charge is 2.14. The van der Waals surface area contributed by atoms with E-state index >= 15 is 0 Å². The summed E-state index contributed by atoms with van der Waals surface area (Å²) in [5, 5.41) is 2.85. The number of amides is 1. The Bertz CT molecular complexity index is 481. The molecule has 1 aromatic heterocycles. The second kappa shape index (κ2) is 6.52. The van der Waals surface area contributed by atoms with E-state index in [-0.39, 0.29) is 5.28 Å². The minimum Gasteiger partial charge on any atom is -0.444 e. The largest absolute Gasteiger partial charge is 0.444 e. The average molecular weight is 284 g/mol. The van der Waals surface area contributed by atoms with Gasteiger partial charge in [-0.1, -0.05) is 12.2 Å². The molecule has 0 fully saturated rings. The molecule has 1 amide bonds. The number of rotatable bonds is 3. The lowest BCUT2D eigenvalue weighted by Gasteiger charge is -2.19. The van der Waals surface area contributed by atoms with Gasteiger partial charge < -0.3 is 10.1 Å². The van der Waals surface area contributed by atoms with Crippen molar-refractivity contribution in [2.24, 2.45) is 0 Å². The maximum absolute atomic E-state index is 11.4. The predicted octanol–water partition coefficient (Wildman–Crippen LogP) is 2.98. The van der Waals surface area contributed by atoms with E-state index in [4.69, 9.17) is 16.3 Å². The molecule has 0 radical (unpaired) electrons. The molecule has 0 aliphatic carbocycles. The number of carbonyl (C=O) groups is 1. The highest BCUT2D eigenvalue weighted by Crippen LogP contribution is 2.09. The lowest BCUT2D eigenvalue weighted by molar-refractivity contribution is 0.0534. The minimum absolute atomic E-state index is 0.224. The fraction of sp³-hybridized carbons (Fsp3) is 0.462. The van der Waals surface area contributed by atoms with Crippen LogP contribution in [0.1, 0.15) is 32.0 Å². The van der Waals surface area contributed by atoms with Crippen LogP contribution >= 0.6 is 11.6 Å². The van der Waals surface area contributed by atoms with E-state index in [1.165, 1.54) is 0 Å². The Labute approximate surface area is 118 Å². The van der Waals surface area contributed by atoms with Crippen LogP contribution in [0.4, 0.5) is 4.79 Å². The maximum Gasteiger partial charge on any atom is 0.407 e. The SMILES string of the molecule is Cc1nc(Cl)ncc1C=CCNC(=O)OC(C)(C)C. The third kappa shape index (κ3) is 6.20. The van der Waals surface area contributed by atoms with E-state index in [0.717, 1.165) is 11.3 Å². The number of hydrogen-bond acceptors (Lipinski definition) is 4. The summed E-state index contributed by atoms with van der Waals surface area (Å²) in [4.78, 5) is 19.3. The first-order valence-corrected chi connectivity index (χ1v) is 6.28. The van der Waals surface area contributed by atoms with Gasteiger partial charge in [0.05, 0.1) is 0 Å². The van der Waals surface area contributed by atoms with E-state index in [0.29, 0.717) is 6.54 Å². The quantitative estimate of drug-likeness (QED) is 0.866. The first-order chi connectivity index (χ1) is 8.78. The molecule has 1 aromatic rings. The summed E-state index contributed by atoms with van der Waals surface area (Å²) in [7, 11) is 0. The molecule has 0 saturated heterocycles. The zero-order chi connectivity index (χ0) is 14.5. The topological polar surface area (TPSA) is 64.1 Å². The van der Waals surface area contributed by atoms with Crippen molar-refractivity contribution < 1.29 is 9.53 Å². The molecular weight excluding hydrogens is 266 g/mol. The average Bonchev–Trinajstić information content (AvgIpc) is 2.24. The molecule has 0 bridgehead atoms. The summed E-state index contributed by atoms with van der Waals surface area (Å²) in [6, 6.07) is 0. The smallest absolute Gasteiger partial charge is 0.407 e. The van der Waals surface area contributed by atoms with Gasteiger partial charge in [-0.25, -0.2) is 14.8 Å². The van der Waals surface area contributed by atoms with Gasteiger partial charge in [-0.2, -0.15) is 0 Å². The van der Waals surface area contributed by atoms with Crippen LogP contribution in [-0.4, -0.2) is 28.2 Å². The Morgan fingerprint density at radius 1 is 1.53 bits per heavy atom. The summed E-state index contributed by atoms with van der Waals surface area (Å²) >= 11 is 5.66. The molecule has 0 unspecified atom stereocenters. The van der Waals surface area contributed by atoms with E-state index in [1.54, 1.807) is 12.3 Å². The summed E-state index contributed by atoms with van der Waals surface area (Å²) in [6.07, 6.45) is 4.81. The molecule has 1 N–H and O–H groups in total. The number of hydrogen-bond donors (Lipinski definition) is 1. The molecule has 19 heavy (non-hydrogen) atoms. The number of aryl methyl sites for hydroxylation is 1. The molecule has 5 nitrogen and oxygen atoms in total. The predicted molar refractivity (Wildman–Crippen MR) is 75.0 cm³/mol. The number of ether oxygens (including phenoxy) is 1. The van der Waals surface area contributed by atoms with E-state index < -0.39 is 11.7 Å². The first-order valence-electron chi connectivity index (χ1n) is 5.90. The molecule has 0 saturated carbocycles. The molecular formula is C13H18ClN3O2. The van der Waals surface area contributed by atoms with Crippen molar-refractivity contribution in [1.82, 2.24) is 15.3 Å². The van der Waals surface area contributed by atoms with Crippen LogP contribution in [0.3, 0.4) is 0 Å². The second-order valence-corrected chi connectivity index (χ2v) is 5.30. The molecule has 0 aromatic carbocycles. The maximum atomic E-state index is 11.4. The molecule has 0 aliphatic rings. The molecule has 104 valence electrons. The number of nitrogens with zero attached hydrogens (tertiary/aromatic N) is 2. The first kappa shape index (κ1) is 15.4. The summed E-state index contributed by atoms with van der Waals surface area (Å²) in [5.74, 6) is 0. The number of carbonyl (C=O) groups excluding carboxylic acids is 1. The van der Waals surface area contributed by atoms with Gasteiger partial charge in [-0.05, 0) is 39.3 Å². The summed E-state index contributed by atoms with van der Waals surface area (Å²) < 4.78 is 5.10. The van der Waals surface area contributed by atoms with Crippen molar-refractivity contribution in [2.45, 2.75) is 33.3 Å². The van der Waals surface area contributed by atoms with Crippen LogP contribution in [0, 0.1) is 6.92 Å². The van der Waals surface area contributed by atoms with E-state index in [2.05, 4.69) is 15.3 Å². The molecule has 0 atom stereocenters. The van der Waals surface area contributed by atoms with Gasteiger partial charge >= 0.3 is 6.09 Å². The van der Waals surface area contributed by atoms with Crippen LogP contribution in [0.25, 0.3) is 6.08 Å². The van der Waals surface area contributed by atoms with Crippen molar-refractivity contribution in [1.29, 1.82) is 0 Å². The Hall–Kier alpha value is -1.62. The highest BCUT2D eigenvalue weighted by atomic mass is 35.5. The lowest BCUT2D eigenvalue weighted by atomic mass is 10.2. The molecule has 6 heteroatoms. The summed E-state index contributed by atoms with van der Waals surface area (Å²) in [6.45, 7) is 7.66. The number of nitrogens with one attached hydrogen (secondary N) is 1. The van der Waals surface area contributed by atoms with Gasteiger partial charge in [0, 0.05) is 24.0 Å². The fourth-order valence-electron chi connectivity index (χ4n) is 1.25. The van der Waals surface area contributed by atoms with Crippen molar-refractivity contribution in [3.63, 3.8) is 0 Å². The third-order valence-corrected chi connectivity index (χ3v) is 2.23. The minimum atomic E-state index is -0.492. The zero-order valence-electron chi connectivity index (χ0n) is 11.5. The second-order valence-electron chi connectivity index (χ2n) is 4.96. The lowest BCUT2D eigenvalue weighted by Crippen LogP contribution is -2.32. The number of aromatic nitrogens is 2. The van der Waals surface area contributed by atoms with Gasteiger partial charge in [-0.15, -0.1) is 0 Å². The standard InChI is InChI=1S/C13H18ClN3O2/c1-9-10(8-16-11(14)17-9)6-5-7-15-12(18)19-13(2,3)4/h5-6,8H,7H2,1-4H3,(H,15,18). The van der Waals surface area contributed by atoms with Crippen molar-refractivity contribution in [2.75, 3.05) is 6.54 Å². The number of alkyl carbamates (subject to hydrolysis) is 1. The Morgan fingerprint density at radius 2 is 2.21 bits per heavy atom. The Morgan fingerprint density at radius 3 is 2.79 bits per heavy atom. The van der Waals surface area contributed by atoms with Crippen molar-refractivity contribution in [3.05, 3.63) is 28.8 Å². The molecule has 0 aliphatic heterocycles. The van der Waals surface area contributed by atoms with Crippen LogP contribution in [0.5, 0.6) is 0 Å². The van der Waals surface area contributed by atoms with Gasteiger partial charge in [0.25, 0.3) is 0 Å². The van der Waals surface area contributed by atoms with Gasteiger partial charge in [-0.3, -0.25) is 0 Å². The molecule has 0 spiro atoms. The third-order valence-electron chi connectivity index (χ3n) is 2.05. The van der Waals surface area contributed by atoms with Crippen LogP contribution < -0.4 is 5.32 Å². The van der Waals surface area contributed by atoms with Crippen LogP contribution in [0.2, 0.25) is 5.28 Å². The van der Waals surface area contributed by atoms with E-state index in [9.17, 15) is 4.79 Å². The zero-order valence-corrected chi connectivity index (χ0v) is 12.3. The van der Waals surface area contributed by atoms with Gasteiger partial charge in [0.15, 0.2) is 0 Å². The monoisotopic (exact) mass is 283 g/mol. The van der Waals surface area contributed by atoms with Gasteiger partial charge in [0.2, 0.25) is 5.28 Å². The molecule has 1 heterocycles. The highest BCUT2D eigenvalue weighted by molar-refractivity contribution is 6.28. The fourth-order valence-corrected chi connectivity index (χ4v) is 1.43. The van der Waals surface area contributed by atoms with Crippen LogP contribution in [0.15, 0.2) is 12.3 Å². The Kier molecular flexibility index (Phi) is 5.30. The summed E-state index contributed by atoms with van der Waals surface area (Å²) in [5.41, 5.74) is 1.15. The number of halogens is 1. The van der Waals surface area contributed by atoms with Crippen molar-refractivity contribution in [3.8, 4) is 0 Å². The molecule has 1 rings (SSSR count).